The molecule has 9 rings (SSSR count). The van der Waals surface area contributed by atoms with E-state index in [1.165, 1.54) is 66.1 Å². The molecule has 1 aliphatic carbocycles. The first-order chi connectivity index (χ1) is 26.5. The molecule has 0 unspecified atom stereocenters. The van der Waals surface area contributed by atoms with Crippen molar-refractivity contribution in [3.8, 4) is 44.5 Å². The highest BCUT2D eigenvalue weighted by molar-refractivity contribution is 8.03. The molecule has 0 atom stereocenters. The summed E-state index contributed by atoms with van der Waals surface area (Å²) in [5.74, 6) is 0. The molecule has 1 heterocycles. The molecule has 0 radical (unpaired) electrons. The third-order valence-corrected chi connectivity index (χ3v) is 12.0. The minimum absolute atomic E-state index is 0.0965. The number of anilines is 3. The first-order valence-corrected chi connectivity index (χ1v) is 19.5. The lowest BCUT2D eigenvalue weighted by Gasteiger charge is -2.28. The van der Waals surface area contributed by atoms with Gasteiger partial charge in [0.2, 0.25) is 0 Å². The molecule has 7 aromatic carbocycles. The second-order valence-corrected chi connectivity index (χ2v) is 15.7. The predicted octanol–water partition coefficient (Wildman–Crippen LogP) is 14.7. The highest BCUT2D eigenvalue weighted by Gasteiger charge is 2.35. The van der Waals surface area contributed by atoms with Gasteiger partial charge < -0.3 is 4.90 Å². The highest BCUT2D eigenvalue weighted by Crippen LogP contribution is 2.51. The van der Waals surface area contributed by atoms with Crippen molar-refractivity contribution in [3.63, 3.8) is 0 Å². The smallest absolute Gasteiger partial charge is 0.0465 e. The van der Waals surface area contributed by atoms with Gasteiger partial charge in [0.15, 0.2) is 0 Å². The summed E-state index contributed by atoms with van der Waals surface area (Å²) in [6, 6.07) is 60.0. The lowest BCUT2D eigenvalue weighted by molar-refractivity contribution is 0.660. The summed E-state index contributed by atoms with van der Waals surface area (Å²) in [7, 11) is 0. The van der Waals surface area contributed by atoms with E-state index in [9.17, 15) is 0 Å². The molecule has 0 spiro atoms. The second-order valence-electron chi connectivity index (χ2n) is 14.6. The number of rotatable bonds is 6. The lowest BCUT2D eigenvalue weighted by Crippen LogP contribution is -2.16. The van der Waals surface area contributed by atoms with Crippen molar-refractivity contribution in [2.45, 2.75) is 30.6 Å². The van der Waals surface area contributed by atoms with E-state index >= 15 is 0 Å². The van der Waals surface area contributed by atoms with Gasteiger partial charge in [0.1, 0.15) is 0 Å². The molecule has 0 N–H and O–H groups in total. The summed E-state index contributed by atoms with van der Waals surface area (Å²) in [5.41, 5.74) is 17.3. The fraction of sp³-hybridized carbons (Fsp3) is 0.0769. The van der Waals surface area contributed by atoms with Crippen LogP contribution < -0.4 is 4.90 Å². The molecular weight excluding hydrogens is 671 g/mol. The van der Waals surface area contributed by atoms with Crippen LogP contribution in [0.4, 0.5) is 17.1 Å². The predicted molar refractivity (Wildman–Crippen MR) is 232 cm³/mol. The Bertz CT molecular complexity index is 2560. The summed E-state index contributed by atoms with van der Waals surface area (Å²) in [6.07, 6.45) is 9.42. The van der Waals surface area contributed by atoms with E-state index in [4.69, 9.17) is 0 Å². The van der Waals surface area contributed by atoms with Crippen LogP contribution in [0, 0.1) is 0 Å². The van der Waals surface area contributed by atoms with Crippen LogP contribution >= 0.6 is 11.8 Å². The van der Waals surface area contributed by atoms with Crippen molar-refractivity contribution in [2.75, 3.05) is 4.90 Å². The Morgan fingerprint density at radius 1 is 0.519 bits per heavy atom. The van der Waals surface area contributed by atoms with Crippen LogP contribution in [0.5, 0.6) is 0 Å². The van der Waals surface area contributed by atoms with E-state index < -0.39 is 0 Å². The second kappa shape index (κ2) is 14.0. The van der Waals surface area contributed by atoms with Crippen LogP contribution in [0.1, 0.15) is 30.5 Å². The number of benzene rings is 7. The summed E-state index contributed by atoms with van der Waals surface area (Å²) >= 11 is 1.77. The highest BCUT2D eigenvalue weighted by atomic mass is 32.2. The van der Waals surface area contributed by atoms with Crippen molar-refractivity contribution < 1.29 is 0 Å². The van der Waals surface area contributed by atoms with Gasteiger partial charge in [0.05, 0.1) is 0 Å². The minimum Gasteiger partial charge on any atom is -0.310 e. The van der Waals surface area contributed by atoms with E-state index in [0.29, 0.717) is 0 Å². The quantitative estimate of drug-likeness (QED) is 0.169. The van der Waals surface area contributed by atoms with Crippen LogP contribution in [-0.4, -0.2) is 0 Å². The number of thioether (sulfide) groups is 1. The standard InChI is InChI=1S/C52H41NS/c1-36-15-7-4-12-20-41-27-33-45(50(51(41)54-36)40-18-10-6-11-19-40)39-25-30-43(31-26-39)53(42-28-23-38(24-29-42)37-16-8-5-9-17-37)44-32-34-47-46-21-13-14-22-48(46)52(2,3)49(47)35-44/h4-19,21-35H,1,20H2,2-3H3/b12-4-,15-7-. The Kier molecular flexibility index (Phi) is 8.77. The molecule has 0 saturated heterocycles. The van der Waals surface area contributed by atoms with Crippen molar-refractivity contribution in [2.24, 2.45) is 0 Å². The number of allylic oxidation sites excluding steroid dienone is 4. The van der Waals surface area contributed by atoms with E-state index in [1.807, 2.05) is 0 Å². The van der Waals surface area contributed by atoms with Gasteiger partial charge >= 0.3 is 0 Å². The van der Waals surface area contributed by atoms with E-state index in [1.54, 1.807) is 11.8 Å². The fourth-order valence-electron chi connectivity index (χ4n) is 8.14. The van der Waals surface area contributed by atoms with E-state index in [0.717, 1.165) is 28.4 Å². The average molecular weight is 712 g/mol. The lowest BCUT2D eigenvalue weighted by atomic mass is 9.82. The van der Waals surface area contributed by atoms with Crippen LogP contribution in [0.25, 0.3) is 44.5 Å². The van der Waals surface area contributed by atoms with Crippen LogP contribution in [0.15, 0.2) is 204 Å². The van der Waals surface area contributed by atoms with Gasteiger partial charge in [-0.2, -0.15) is 0 Å². The molecule has 54 heavy (non-hydrogen) atoms. The largest absolute Gasteiger partial charge is 0.310 e. The minimum atomic E-state index is -0.0965. The maximum atomic E-state index is 4.38. The Morgan fingerprint density at radius 2 is 1.09 bits per heavy atom. The summed E-state index contributed by atoms with van der Waals surface area (Å²) in [5, 5.41) is 0. The van der Waals surface area contributed by atoms with Gasteiger partial charge in [-0.25, -0.2) is 0 Å². The molecule has 0 bridgehead atoms. The molecule has 0 saturated carbocycles. The SMILES string of the molecule is C=C1/C=C\C=C/Cc2ccc(-c3ccc(N(c4ccc(-c5ccccc5)cc4)c4ccc5c(c4)C(C)(C)c4ccccc4-5)cc3)c(-c3ccccc3)c2S1. The van der Waals surface area contributed by atoms with Gasteiger partial charge in [-0.1, -0.05) is 178 Å². The Morgan fingerprint density at radius 3 is 1.81 bits per heavy atom. The van der Waals surface area contributed by atoms with Gasteiger partial charge in [0.25, 0.3) is 0 Å². The average Bonchev–Trinajstić information content (AvgIpc) is 3.49. The third kappa shape index (κ3) is 6.13. The van der Waals surface area contributed by atoms with E-state index in [2.05, 4.69) is 213 Å². The van der Waals surface area contributed by atoms with Gasteiger partial charge in [-0.3, -0.25) is 0 Å². The number of hydrogen-bond acceptors (Lipinski definition) is 2. The molecule has 0 amide bonds. The molecule has 1 aliphatic heterocycles. The third-order valence-electron chi connectivity index (χ3n) is 10.9. The zero-order chi connectivity index (χ0) is 36.6. The number of nitrogens with zero attached hydrogens (tertiary/aromatic N) is 1. The number of hydrogen-bond donors (Lipinski definition) is 0. The summed E-state index contributed by atoms with van der Waals surface area (Å²) in [4.78, 5) is 4.70. The zero-order valence-corrected chi connectivity index (χ0v) is 31.5. The summed E-state index contributed by atoms with van der Waals surface area (Å²) in [6.45, 7) is 9.09. The normalized spacial score (nSPS) is 15.2. The Balaban J connectivity index is 1.17. The van der Waals surface area contributed by atoms with E-state index in [-0.39, 0.29) is 5.41 Å². The van der Waals surface area contributed by atoms with Crippen LogP contribution in [0.3, 0.4) is 0 Å². The fourth-order valence-corrected chi connectivity index (χ4v) is 9.16. The van der Waals surface area contributed by atoms with Gasteiger partial charge in [0, 0.05) is 37.8 Å². The molecule has 260 valence electrons. The number of fused-ring (bicyclic) bond motifs is 4. The van der Waals surface area contributed by atoms with Crippen molar-refractivity contribution >= 4 is 28.8 Å². The van der Waals surface area contributed by atoms with Crippen LogP contribution in [0.2, 0.25) is 0 Å². The molecule has 2 aliphatic rings. The van der Waals surface area contributed by atoms with Crippen molar-refractivity contribution in [1.82, 2.24) is 0 Å². The van der Waals surface area contributed by atoms with Gasteiger partial charge in [-0.05, 0) is 105 Å². The Hall–Kier alpha value is -6.09. The van der Waals surface area contributed by atoms with Crippen LogP contribution in [-0.2, 0) is 11.8 Å². The first kappa shape index (κ1) is 33.7. The molecule has 1 nitrogen and oxygen atoms in total. The summed E-state index contributed by atoms with van der Waals surface area (Å²) < 4.78 is 0. The molecular formula is C52H41NS. The van der Waals surface area contributed by atoms with Gasteiger partial charge in [-0.15, -0.1) is 0 Å². The van der Waals surface area contributed by atoms with Crippen molar-refractivity contribution in [1.29, 1.82) is 0 Å². The topological polar surface area (TPSA) is 3.24 Å². The molecule has 0 fully saturated rings. The first-order valence-electron chi connectivity index (χ1n) is 18.7. The molecule has 7 aromatic rings. The Labute approximate surface area is 323 Å². The maximum Gasteiger partial charge on any atom is 0.0465 e. The maximum absolute atomic E-state index is 4.38. The molecule has 2 heteroatoms. The monoisotopic (exact) mass is 711 g/mol. The molecule has 0 aromatic heterocycles. The van der Waals surface area contributed by atoms with Crippen molar-refractivity contribution in [3.05, 3.63) is 216 Å². The zero-order valence-electron chi connectivity index (χ0n) is 30.7.